The molecule has 1 aromatic rings. The van der Waals surface area contributed by atoms with E-state index in [4.69, 9.17) is 11.6 Å². The molecule has 3 heteroatoms. The van der Waals surface area contributed by atoms with Crippen LogP contribution in [-0.2, 0) is 6.42 Å². The molecular formula is C13H16ClNS. The summed E-state index contributed by atoms with van der Waals surface area (Å²) in [5, 5.41) is 3.18. The first-order chi connectivity index (χ1) is 7.76. The Balaban J connectivity index is 2.24. The third kappa shape index (κ3) is 2.29. The van der Waals surface area contributed by atoms with Crippen molar-refractivity contribution in [2.45, 2.75) is 17.4 Å². The standard InChI is InChI=1S/C13H16ClNS/c1-9(12(8-14)15-2)11-4-3-10-5-6-16-13(10)7-11/h3-4,7,12,15H,1,5-6,8H2,2H3. The molecule has 16 heavy (non-hydrogen) atoms. The minimum atomic E-state index is 0.158. The minimum Gasteiger partial charge on any atom is -0.312 e. The number of benzene rings is 1. The van der Waals surface area contributed by atoms with Gasteiger partial charge in [0.1, 0.15) is 0 Å². The van der Waals surface area contributed by atoms with Crippen LogP contribution in [0.5, 0.6) is 0 Å². The Morgan fingerprint density at radius 1 is 1.62 bits per heavy atom. The van der Waals surface area contributed by atoms with E-state index in [2.05, 4.69) is 30.1 Å². The van der Waals surface area contributed by atoms with Crippen molar-refractivity contribution in [3.8, 4) is 0 Å². The molecule has 1 aliphatic heterocycles. The van der Waals surface area contributed by atoms with Gasteiger partial charge in [-0.1, -0.05) is 18.7 Å². The van der Waals surface area contributed by atoms with Gasteiger partial charge in [0.15, 0.2) is 0 Å². The van der Waals surface area contributed by atoms with Crippen LogP contribution < -0.4 is 5.32 Å². The lowest BCUT2D eigenvalue weighted by Crippen LogP contribution is -2.27. The second kappa shape index (κ2) is 5.26. The number of fused-ring (bicyclic) bond motifs is 1. The second-order valence-corrected chi connectivity index (χ2v) is 5.39. The molecule has 1 heterocycles. The summed E-state index contributed by atoms with van der Waals surface area (Å²) in [7, 11) is 1.92. The lowest BCUT2D eigenvalue weighted by Gasteiger charge is -2.17. The minimum absolute atomic E-state index is 0.158. The Labute approximate surface area is 106 Å². The lowest BCUT2D eigenvalue weighted by molar-refractivity contribution is 0.751. The number of hydrogen-bond donors (Lipinski definition) is 1. The highest BCUT2D eigenvalue weighted by Gasteiger charge is 2.15. The third-order valence-electron chi connectivity index (χ3n) is 2.99. The van der Waals surface area contributed by atoms with Crippen LogP contribution in [0.1, 0.15) is 11.1 Å². The number of nitrogens with one attached hydrogen (secondary N) is 1. The Bertz CT molecular complexity index is 399. The van der Waals surface area contributed by atoms with Gasteiger partial charge in [0, 0.05) is 22.6 Å². The third-order valence-corrected chi connectivity index (χ3v) is 4.40. The molecule has 0 amide bonds. The first-order valence-electron chi connectivity index (χ1n) is 5.44. The maximum absolute atomic E-state index is 5.90. The zero-order chi connectivity index (χ0) is 11.5. The van der Waals surface area contributed by atoms with Gasteiger partial charge in [0.2, 0.25) is 0 Å². The maximum atomic E-state index is 5.90. The predicted molar refractivity (Wildman–Crippen MR) is 73.5 cm³/mol. The number of thioether (sulfide) groups is 1. The van der Waals surface area contributed by atoms with E-state index in [0.29, 0.717) is 5.88 Å². The van der Waals surface area contributed by atoms with Crippen molar-refractivity contribution in [1.82, 2.24) is 5.32 Å². The topological polar surface area (TPSA) is 12.0 Å². The molecule has 86 valence electrons. The molecule has 0 fully saturated rings. The molecule has 1 N–H and O–H groups in total. The highest BCUT2D eigenvalue weighted by molar-refractivity contribution is 7.99. The fraction of sp³-hybridized carbons (Fsp3) is 0.385. The normalized spacial score (nSPS) is 15.9. The van der Waals surface area contributed by atoms with Gasteiger partial charge in [-0.2, -0.15) is 0 Å². The molecule has 0 spiro atoms. The molecule has 0 bridgehead atoms. The molecule has 1 unspecified atom stereocenters. The number of rotatable bonds is 4. The first-order valence-corrected chi connectivity index (χ1v) is 6.96. The van der Waals surface area contributed by atoms with Crippen LogP contribution in [0.15, 0.2) is 29.7 Å². The van der Waals surface area contributed by atoms with Crippen LogP contribution in [0.4, 0.5) is 0 Å². The fourth-order valence-electron chi connectivity index (χ4n) is 1.91. The lowest BCUT2D eigenvalue weighted by atomic mass is 9.99. The van der Waals surface area contributed by atoms with E-state index in [1.54, 1.807) is 0 Å². The molecule has 0 radical (unpaired) electrons. The Morgan fingerprint density at radius 3 is 3.12 bits per heavy atom. The molecule has 0 saturated heterocycles. The van der Waals surface area contributed by atoms with Gasteiger partial charge in [0.05, 0.1) is 0 Å². The van der Waals surface area contributed by atoms with Crippen molar-refractivity contribution in [3.63, 3.8) is 0 Å². The zero-order valence-corrected chi connectivity index (χ0v) is 11.0. The molecule has 0 saturated carbocycles. The second-order valence-electron chi connectivity index (χ2n) is 3.94. The van der Waals surface area contributed by atoms with E-state index < -0.39 is 0 Å². The van der Waals surface area contributed by atoms with Crippen molar-refractivity contribution in [2.24, 2.45) is 0 Å². The van der Waals surface area contributed by atoms with Gasteiger partial charge in [0.25, 0.3) is 0 Å². The van der Waals surface area contributed by atoms with Crippen molar-refractivity contribution >= 4 is 28.9 Å². The number of halogens is 1. The number of likely N-dealkylation sites (N-methyl/N-ethyl adjacent to an activating group) is 1. The van der Waals surface area contributed by atoms with Crippen LogP contribution in [0.3, 0.4) is 0 Å². The molecule has 2 rings (SSSR count). The number of aryl methyl sites for hydroxylation is 1. The Hall–Kier alpha value is -0.440. The summed E-state index contributed by atoms with van der Waals surface area (Å²) in [6, 6.07) is 6.78. The van der Waals surface area contributed by atoms with Crippen molar-refractivity contribution in [3.05, 3.63) is 35.9 Å². The summed E-state index contributed by atoms with van der Waals surface area (Å²) in [6.07, 6.45) is 1.19. The van der Waals surface area contributed by atoms with Crippen LogP contribution in [-0.4, -0.2) is 24.7 Å². The van der Waals surface area contributed by atoms with Crippen molar-refractivity contribution in [1.29, 1.82) is 0 Å². The first kappa shape index (κ1) is 12.0. The van der Waals surface area contributed by atoms with Gasteiger partial charge in [-0.05, 0) is 36.2 Å². The van der Waals surface area contributed by atoms with Crippen molar-refractivity contribution in [2.75, 3.05) is 18.7 Å². The monoisotopic (exact) mass is 253 g/mol. The average molecular weight is 254 g/mol. The summed E-state index contributed by atoms with van der Waals surface area (Å²) in [5.41, 5.74) is 3.74. The van der Waals surface area contributed by atoms with Crippen LogP contribution >= 0.6 is 23.4 Å². The summed E-state index contributed by atoms with van der Waals surface area (Å²) >= 11 is 7.83. The van der Waals surface area contributed by atoms with E-state index >= 15 is 0 Å². The summed E-state index contributed by atoms with van der Waals surface area (Å²) < 4.78 is 0. The summed E-state index contributed by atoms with van der Waals surface area (Å²) in [4.78, 5) is 1.41. The van der Waals surface area contributed by atoms with Gasteiger partial charge >= 0.3 is 0 Å². The quantitative estimate of drug-likeness (QED) is 0.828. The van der Waals surface area contributed by atoms with E-state index in [-0.39, 0.29) is 6.04 Å². The maximum Gasteiger partial charge on any atom is 0.0455 e. The van der Waals surface area contributed by atoms with Crippen molar-refractivity contribution < 1.29 is 0 Å². The van der Waals surface area contributed by atoms with E-state index in [1.165, 1.54) is 28.2 Å². The van der Waals surface area contributed by atoms with E-state index in [0.717, 1.165) is 5.57 Å². The molecule has 1 atom stereocenters. The van der Waals surface area contributed by atoms with Crippen LogP contribution in [0, 0.1) is 0 Å². The van der Waals surface area contributed by atoms with Gasteiger partial charge in [-0.25, -0.2) is 0 Å². The highest BCUT2D eigenvalue weighted by Crippen LogP contribution is 2.33. The molecule has 1 nitrogen and oxygen atoms in total. The molecular weight excluding hydrogens is 238 g/mol. The van der Waals surface area contributed by atoms with Gasteiger partial charge in [-0.15, -0.1) is 23.4 Å². The van der Waals surface area contributed by atoms with E-state index in [9.17, 15) is 0 Å². The predicted octanol–water partition coefficient (Wildman–Crippen LogP) is 3.17. The van der Waals surface area contributed by atoms with Gasteiger partial charge in [-0.3, -0.25) is 0 Å². The smallest absolute Gasteiger partial charge is 0.0455 e. The summed E-state index contributed by atoms with van der Waals surface area (Å²) in [5.74, 6) is 1.76. The Morgan fingerprint density at radius 2 is 2.44 bits per heavy atom. The van der Waals surface area contributed by atoms with Crippen LogP contribution in [0.2, 0.25) is 0 Å². The fourth-order valence-corrected chi connectivity index (χ4v) is 3.36. The zero-order valence-electron chi connectivity index (χ0n) is 9.42. The van der Waals surface area contributed by atoms with Gasteiger partial charge < -0.3 is 5.32 Å². The van der Waals surface area contributed by atoms with Crippen LogP contribution in [0.25, 0.3) is 5.57 Å². The molecule has 0 aliphatic carbocycles. The average Bonchev–Trinajstić information content (AvgIpc) is 2.77. The summed E-state index contributed by atoms with van der Waals surface area (Å²) in [6.45, 7) is 4.14. The highest BCUT2D eigenvalue weighted by atomic mass is 35.5. The molecule has 1 aromatic carbocycles. The number of alkyl halides is 1. The largest absolute Gasteiger partial charge is 0.312 e. The number of hydrogen-bond acceptors (Lipinski definition) is 2. The molecule has 0 aromatic heterocycles. The Kier molecular flexibility index (Phi) is 3.95. The molecule has 1 aliphatic rings. The van der Waals surface area contributed by atoms with E-state index in [1.807, 2.05) is 18.8 Å². The SMILES string of the molecule is C=C(c1ccc2c(c1)SCC2)C(CCl)NC.